The second-order valence-electron chi connectivity index (χ2n) is 9.50. The van der Waals surface area contributed by atoms with E-state index >= 15 is 0 Å². The Labute approximate surface area is 243 Å². The number of anilines is 1. The number of amides is 1. The number of nitrogens with zero attached hydrogens (tertiary/aromatic N) is 5. The number of aliphatic hydroxyl groups is 1. The topological polar surface area (TPSA) is 101 Å². The van der Waals surface area contributed by atoms with Gasteiger partial charge in [-0.15, -0.1) is 10.2 Å². The molecule has 0 radical (unpaired) electrons. The summed E-state index contributed by atoms with van der Waals surface area (Å²) in [7, 11) is 0. The minimum absolute atomic E-state index is 0.0382. The van der Waals surface area contributed by atoms with Crippen LogP contribution < -0.4 is 4.90 Å². The number of fused-ring (bicyclic) bond motifs is 1. The smallest absolute Gasteiger partial charge is 0.301 e. The minimum Gasteiger partial charge on any atom is -0.505 e. The fraction of sp³-hybridized carbons (Fsp3) is 0.167. The van der Waals surface area contributed by atoms with Crippen LogP contribution in [0.4, 0.5) is 9.52 Å². The molecule has 1 unspecified atom stereocenters. The number of hydrogen-bond acceptors (Lipinski definition) is 8. The number of Topliss-reactive ketones (excluding diaryl/α,β-unsaturated/α-hetero) is 1. The quantitative estimate of drug-likeness (QED) is 0.0808. The number of halogens is 1. The lowest BCUT2D eigenvalue weighted by molar-refractivity contribution is -0.132. The molecule has 1 amide bonds. The van der Waals surface area contributed by atoms with Gasteiger partial charge in [0.1, 0.15) is 17.2 Å². The lowest BCUT2D eigenvalue weighted by Crippen LogP contribution is -2.29. The average Bonchev–Trinajstić information content (AvgIpc) is 3.66. The number of pyridine rings is 1. The Balaban J connectivity index is 1.43. The Kier molecular flexibility index (Phi) is 7.14. The van der Waals surface area contributed by atoms with E-state index in [9.17, 15) is 19.1 Å². The summed E-state index contributed by atoms with van der Waals surface area (Å²) in [4.78, 5) is 33.0. The van der Waals surface area contributed by atoms with Crippen LogP contribution in [0.2, 0.25) is 0 Å². The number of hydrogen-bond donors (Lipinski definition) is 1. The van der Waals surface area contributed by atoms with Crippen molar-refractivity contribution in [3.8, 4) is 0 Å². The molecule has 41 heavy (non-hydrogen) atoms. The van der Waals surface area contributed by atoms with E-state index < -0.39 is 17.7 Å². The second-order valence-corrected chi connectivity index (χ2v) is 11.7. The summed E-state index contributed by atoms with van der Waals surface area (Å²) in [6.45, 7) is 3.79. The van der Waals surface area contributed by atoms with Crippen LogP contribution in [0.25, 0.3) is 11.4 Å². The second kappa shape index (κ2) is 10.9. The number of imidazole rings is 1. The Morgan fingerprint density at radius 2 is 1.76 bits per heavy atom. The number of rotatable bonds is 7. The molecule has 0 saturated carbocycles. The van der Waals surface area contributed by atoms with Crippen molar-refractivity contribution in [2.45, 2.75) is 36.4 Å². The molecule has 4 heterocycles. The molecular formula is C30H24FN5O3S2. The highest BCUT2D eigenvalue weighted by atomic mass is 32.2. The Morgan fingerprint density at radius 1 is 1.02 bits per heavy atom. The van der Waals surface area contributed by atoms with E-state index in [1.165, 1.54) is 40.1 Å². The number of carbonyl (C=O) groups excluding carboxylic acids is 2. The average molecular weight is 586 g/mol. The van der Waals surface area contributed by atoms with Gasteiger partial charge in [-0.1, -0.05) is 72.5 Å². The summed E-state index contributed by atoms with van der Waals surface area (Å²) in [5.41, 5.74) is 4.11. The van der Waals surface area contributed by atoms with Crippen LogP contribution in [0, 0.1) is 12.7 Å². The lowest BCUT2D eigenvalue weighted by Gasteiger charge is -2.22. The van der Waals surface area contributed by atoms with Crippen molar-refractivity contribution in [2.24, 2.45) is 0 Å². The van der Waals surface area contributed by atoms with Gasteiger partial charge in [-0.25, -0.2) is 9.37 Å². The maximum atomic E-state index is 13.6. The monoisotopic (exact) mass is 585 g/mol. The molecule has 11 heteroatoms. The molecule has 1 atom stereocenters. The molecule has 1 fully saturated rings. The van der Waals surface area contributed by atoms with Crippen molar-refractivity contribution in [1.29, 1.82) is 0 Å². The largest absolute Gasteiger partial charge is 0.505 e. The highest BCUT2D eigenvalue weighted by molar-refractivity contribution is 8.00. The molecule has 0 spiro atoms. The Hall–Kier alpha value is -4.35. The van der Waals surface area contributed by atoms with Crippen molar-refractivity contribution in [2.75, 3.05) is 4.90 Å². The molecule has 3 aromatic heterocycles. The minimum atomic E-state index is -0.919. The maximum Gasteiger partial charge on any atom is 0.301 e. The number of aromatic nitrogens is 4. The van der Waals surface area contributed by atoms with Gasteiger partial charge in [0.25, 0.3) is 5.78 Å². The zero-order valence-electron chi connectivity index (χ0n) is 22.1. The van der Waals surface area contributed by atoms with E-state index in [0.29, 0.717) is 32.7 Å². The molecule has 5 aromatic rings. The highest BCUT2D eigenvalue weighted by Crippen LogP contribution is 2.44. The van der Waals surface area contributed by atoms with Gasteiger partial charge in [-0.05, 0) is 54.3 Å². The molecule has 2 aromatic carbocycles. The predicted octanol–water partition coefficient (Wildman–Crippen LogP) is 6.11. The van der Waals surface area contributed by atoms with Crippen LogP contribution in [0.3, 0.4) is 0 Å². The van der Waals surface area contributed by atoms with Crippen molar-refractivity contribution in [3.63, 3.8) is 0 Å². The zero-order valence-corrected chi connectivity index (χ0v) is 23.7. The highest BCUT2D eigenvalue weighted by Gasteiger charge is 2.48. The fourth-order valence-corrected chi connectivity index (χ4v) is 6.71. The molecule has 1 aliphatic rings. The van der Waals surface area contributed by atoms with Gasteiger partial charge in [0, 0.05) is 11.9 Å². The number of carbonyl (C=O) groups is 2. The first kappa shape index (κ1) is 26.9. The molecule has 8 nitrogen and oxygen atoms in total. The van der Waals surface area contributed by atoms with Gasteiger partial charge in [-0.2, -0.15) is 0 Å². The first-order valence-corrected chi connectivity index (χ1v) is 14.7. The fourth-order valence-electron chi connectivity index (χ4n) is 4.89. The molecular weight excluding hydrogens is 561 g/mol. The zero-order chi connectivity index (χ0) is 28.7. The van der Waals surface area contributed by atoms with E-state index in [-0.39, 0.29) is 22.3 Å². The normalized spacial score (nSPS) is 16.7. The predicted molar refractivity (Wildman–Crippen MR) is 156 cm³/mol. The first-order valence-electron chi connectivity index (χ1n) is 12.9. The number of ketones is 1. The lowest BCUT2D eigenvalue weighted by atomic mass is 9.95. The van der Waals surface area contributed by atoms with Crippen LogP contribution in [0.5, 0.6) is 0 Å². The number of aryl methyl sites for hydroxylation is 2. The number of aliphatic hydroxyl groups excluding tert-OH is 1. The standard InChI is InChI=1S/C30H24FN5O3S2/c1-3-18-7-11-20(12-8-18)25-23(26(37)24-17(2)32-22-6-4-5-15-35(22)24)27(38)28(39)36(25)29-33-34-30(41-29)40-16-19-9-13-21(31)14-10-19/h4-15,25,37H,3,16H2,1-2H3. The van der Waals surface area contributed by atoms with Gasteiger partial charge in [0.05, 0.1) is 17.3 Å². The van der Waals surface area contributed by atoms with Crippen LogP contribution in [0.1, 0.15) is 41.0 Å². The van der Waals surface area contributed by atoms with E-state index in [1.54, 1.807) is 41.8 Å². The molecule has 0 aliphatic carbocycles. The number of benzene rings is 2. The molecule has 1 saturated heterocycles. The van der Waals surface area contributed by atoms with Crippen molar-refractivity contribution in [3.05, 3.63) is 112 Å². The summed E-state index contributed by atoms with van der Waals surface area (Å²) in [6, 6.07) is 18.3. The molecule has 1 N–H and O–H groups in total. The van der Waals surface area contributed by atoms with E-state index in [1.807, 2.05) is 37.3 Å². The molecule has 1 aliphatic heterocycles. The van der Waals surface area contributed by atoms with E-state index in [2.05, 4.69) is 15.2 Å². The summed E-state index contributed by atoms with van der Waals surface area (Å²) < 4.78 is 15.6. The summed E-state index contributed by atoms with van der Waals surface area (Å²) in [5, 5.41) is 20.4. The van der Waals surface area contributed by atoms with Crippen molar-refractivity contribution >= 4 is 51.3 Å². The summed E-state index contributed by atoms with van der Waals surface area (Å²) >= 11 is 2.58. The van der Waals surface area contributed by atoms with Crippen LogP contribution in [0.15, 0.2) is 82.8 Å². The number of thioether (sulfide) groups is 1. The third-order valence-electron chi connectivity index (χ3n) is 6.95. The van der Waals surface area contributed by atoms with E-state index in [0.717, 1.165) is 17.5 Å². The first-order chi connectivity index (χ1) is 19.9. The SMILES string of the molecule is CCc1ccc(C2C(=C(O)c3c(C)nc4ccccn34)C(=O)C(=O)N2c2nnc(SCc3ccc(F)cc3)s2)cc1. The molecule has 206 valence electrons. The van der Waals surface area contributed by atoms with Gasteiger partial charge < -0.3 is 5.11 Å². The maximum absolute atomic E-state index is 13.6. The van der Waals surface area contributed by atoms with Crippen molar-refractivity contribution in [1.82, 2.24) is 19.6 Å². The van der Waals surface area contributed by atoms with Gasteiger partial charge in [0.2, 0.25) is 5.13 Å². The van der Waals surface area contributed by atoms with Gasteiger partial charge >= 0.3 is 5.91 Å². The molecule has 6 rings (SSSR count). The van der Waals surface area contributed by atoms with Gasteiger partial charge in [-0.3, -0.25) is 18.9 Å². The third kappa shape index (κ3) is 4.91. The summed E-state index contributed by atoms with van der Waals surface area (Å²) in [5.74, 6) is -1.69. The Bertz CT molecular complexity index is 1810. The van der Waals surface area contributed by atoms with Crippen LogP contribution in [-0.4, -0.2) is 36.4 Å². The summed E-state index contributed by atoms with van der Waals surface area (Å²) in [6.07, 6.45) is 2.58. The third-order valence-corrected chi connectivity index (χ3v) is 9.08. The van der Waals surface area contributed by atoms with E-state index in [4.69, 9.17) is 0 Å². The van der Waals surface area contributed by atoms with Gasteiger partial charge in [0.15, 0.2) is 10.1 Å². The molecule has 0 bridgehead atoms. The Morgan fingerprint density at radius 3 is 2.49 bits per heavy atom. The van der Waals surface area contributed by atoms with Crippen LogP contribution in [-0.2, 0) is 21.8 Å². The van der Waals surface area contributed by atoms with Crippen LogP contribution >= 0.6 is 23.1 Å². The van der Waals surface area contributed by atoms with Crippen molar-refractivity contribution < 1.29 is 19.1 Å².